The molecule has 0 saturated carbocycles. The first kappa shape index (κ1) is 23.1. The minimum Gasteiger partial charge on any atom is -0.481 e. The largest absolute Gasteiger partial charge is 0.481 e. The zero-order valence-electron chi connectivity index (χ0n) is 18.9. The van der Waals surface area contributed by atoms with Gasteiger partial charge in [0.15, 0.2) is 0 Å². The van der Waals surface area contributed by atoms with Gasteiger partial charge in [-0.25, -0.2) is 0 Å². The lowest BCUT2D eigenvalue weighted by Gasteiger charge is -2.20. The fraction of sp³-hybridized carbons (Fsp3) is 0.296. The molecule has 1 N–H and O–H groups in total. The number of aliphatic carboxylic acids is 1. The molecule has 0 spiro atoms. The van der Waals surface area contributed by atoms with Gasteiger partial charge in [-0.15, -0.1) is 0 Å². The maximum atomic E-state index is 13.1. The van der Waals surface area contributed by atoms with Gasteiger partial charge in [0.2, 0.25) is 0 Å². The highest BCUT2D eigenvalue weighted by molar-refractivity contribution is 5.81. The Hall–Kier alpha value is -3.12. The monoisotopic (exact) mass is 453 g/mol. The fourth-order valence-corrected chi connectivity index (χ4v) is 4.83. The molecule has 0 saturated heterocycles. The van der Waals surface area contributed by atoms with Crippen LogP contribution < -0.4 is 0 Å². The Morgan fingerprint density at radius 2 is 1.61 bits per heavy atom. The van der Waals surface area contributed by atoms with E-state index in [9.17, 15) is 23.1 Å². The molecule has 1 heterocycles. The molecule has 3 aromatic carbocycles. The summed E-state index contributed by atoms with van der Waals surface area (Å²) in [6.45, 7) is 7.58. The summed E-state index contributed by atoms with van der Waals surface area (Å²) in [6, 6.07) is 13.5. The van der Waals surface area contributed by atoms with E-state index in [0.717, 1.165) is 50.6 Å². The SMILES string of the molecule is Cc1ccc(-c2c(C)c3c(c(C)c2CC(=O)O)CN(Cc2cccc(C(F)(F)F)c2)C3)cc1. The van der Waals surface area contributed by atoms with Crippen molar-refractivity contribution in [2.45, 2.75) is 53.0 Å². The molecule has 3 nitrogen and oxygen atoms in total. The molecular formula is C27H26F3NO2. The number of hydrogen-bond donors (Lipinski definition) is 1. The van der Waals surface area contributed by atoms with E-state index in [2.05, 4.69) is 4.90 Å². The molecule has 1 aliphatic heterocycles. The number of rotatable bonds is 5. The Morgan fingerprint density at radius 1 is 0.970 bits per heavy atom. The van der Waals surface area contributed by atoms with Gasteiger partial charge in [-0.1, -0.05) is 48.0 Å². The molecule has 0 unspecified atom stereocenters. The topological polar surface area (TPSA) is 40.5 Å². The average Bonchev–Trinajstić information content (AvgIpc) is 3.17. The number of halogens is 3. The number of benzene rings is 3. The maximum Gasteiger partial charge on any atom is 0.416 e. The Kier molecular flexibility index (Phi) is 6.06. The van der Waals surface area contributed by atoms with Gasteiger partial charge in [-0.3, -0.25) is 9.69 Å². The molecule has 0 amide bonds. The molecule has 3 aromatic rings. The molecule has 0 radical (unpaired) electrons. The summed E-state index contributed by atoms with van der Waals surface area (Å²) in [5.41, 5.74) is 8.07. The third kappa shape index (κ3) is 4.67. The maximum absolute atomic E-state index is 13.1. The van der Waals surface area contributed by atoms with Crippen molar-refractivity contribution in [1.29, 1.82) is 0 Å². The summed E-state index contributed by atoms with van der Waals surface area (Å²) in [6.07, 6.45) is -4.44. The normalized spacial score (nSPS) is 13.9. The van der Waals surface area contributed by atoms with Crippen LogP contribution in [0, 0.1) is 20.8 Å². The first-order valence-electron chi connectivity index (χ1n) is 10.9. The fourth-order valence-electron chi connectivity index (χ4n) is 4.83. The highest BCUT2D eigenvalue weighted by Gasteiger charge is 2.31. The second-order valence-corrected chi connectivity index (χ2v) is 8.84. The third-order valence-electron chi connectivity index (χ3n) is 6.49. The summed E-state index contributed by atoms with van der Waals surface area (Å²) in [5.74, 6) is -0.885. The summed E-state index contributed by atoms with van der Waals surface area (Å²) >= 11 is 0. The van der Waals surface area contributed by atoms with E-state index < -0.39 is 17.7 Å². The standard InChI is InChI=1S/C27H26F3NO2/c1-16-7-9-20(10-8-16)26-18(3)24-15-31(14-23(24)17(2)22(26)12-25(32)33)13-19-5-4-6-21(11-19)27(28,29)30/h4-11H,12-15H2,1-3H3,(H,32,33). The Labute approximate surface area is 191 Å². The highest BCUT2D eigenvalue weighted by atomic mass is 19.4. The van der Waals surface area contributed by atoms with Gasteiger partial charge >= 0.3 is 12.1 Å². The molecule has 0 aliphatic carbocycles. The van der Waals surface area contributed by atoms with Crippen LogP contribution in [0.5, 0.6) is 0 Å². The molecule has 0 bridgehead atoms. The number of carboxylic acids is 1. The Morgan fingerprint density at radius 3 is 2.21 bits per heavy atom. The Balaban J connectivity index is 1.72. The first-order chi connectivity index (χ1) is 15.5. The summed E-state index contributed by atoms with van der Waals surface area (Å²) in [4.78, 5) is 13.8. The first-order valence-corrected chi connectivity index (χ1v) is 10.9. The van der Waals surface area contributed by atoms with Gasteiger partial charge in [0, 0.05) is 19.6 Å². The summed E-state index contributed by atoms with van der Waals surface area (Å²) < 4.78 is 39.4. The number of nitrogens with zero attached hydrogens (tertiary/aromatic N) is 1. The molecule has 0 aromatic heterocycles. The predicted molar refractivity (Wildman–Crippen MR) is 122 cm³/mol. The lowest BCUT2D eigenvalue weighted by atomic mass is 9.84. The molecule has 6 heteroatoms. The third-order valence-corrected chi connectivity index (χ3v) is 6.49. The van der Waals surface area contributed by atoms with Crippen LogP contribution >= 0.6 is 0 Å². The molecular weight excluding hydrogens is 427 g/mol. The van der Waals surface area contributed by atoms with Crippen LogP contribution in [0.25, 0.3) is 11.1 Å². The van der Waals surface area contributed by atoms with Gasteiger partial charge < -0.3 is 5.11 Å². The Bertz CT molecular complexity index is 1210. The lowest BCUT2D eigenvalue weighted by Crippen LogP contribution is -2.16. The van der Waals surface area contributed by atoms with E-state index in [0.29, 0.717) is 25.2 Å². The van der Waals surface area contributed by atoms with E-state index in [-0.39, 0.29) is 6.42 Å². The van der Waals surface area contributed by atoms with Crippen molar-refractivity contribution >= 4 is 5.97 Å². The van der Waals surface area contributed by atoms with Gasteiger partial charge in [0.25, 0.3) is 0 Å². The van der Waals surface area contributed by atoms with Crippen molar-refractivity contribution in [3.63, 3.8) is 0 Å². The number of carbonyl (C=O) groups is 1. The van der Waals surface area contributed by atoms with Crippen LogP contribution in [0.3, 0.4) is 0 Å². The zero-order chi connectivity index (χ0) is 23.9. The van der Waals surface area contributed by atoms with Crippen molar-refractivity contribution in [3.8, 4) is 11.1 Å². The summed E-state index contributed by atoms with van der Waals surface area (Å²) in [7, 11) is 0. The van der Waals surface area contributed by atoms with Crippen molar-refractivity contribution in [2.75, 3.05) is 0 Å². The van der Waals surface area contributed by atoms with Crippen molar-refractivity contribution in [1.82, 2.24) is 4.90 Å². The van der Waals surface area contributed by atoms with Crippen LogP contribution in [0.15, 0.2) is 48.5 Å². The summed E-state index contributed by atoms with van der Waals surface area (Å²) in [5, 5.41) is 9.58. The van der Waals surface area contributed by atoms with Crippen LogP contribution in [0.1, 0.15) is 44.5 Å². The highest BCUT2D eigenvalue weighted by Crippen LogP contribution is 2.40. The number of aryl methyl sites for hydroxylation is 1. The minimum absolute atomic E-state index is 0.0726. The van der Waals surface area contributed by atoms with Gasteiger partial charge in [-0.05, 0) is 71.3 Å². The van der Waals surface area contributed by atoms with Crippen LogP contribution in [0.2, 0.25) is 0 Å². The lowest BCUT2D eigenvalue weighted by molar-refractivity contribution is -0.138. The molecule has 4 rings (SSSR count). The smallest absolute Gasteiger partial charge is 0.416 e. The average molecular weight is 454 g/mol. The second-order valence-electron chi connectivity index (χ2n) is 8.84. The number of carboxylic acid groups (broad SMARTS) is 1. The van der Waals surface area contributed by atoms with E-state index in [1.165, 1.54) is 12.1 Å². The zero-order valence-corrected chi connectivity index (χ0v) is 18.9. The van der Waals surface area contributed by atoms with Crippen LogP contribution in [0.4, 0.5) is 13.2 Å². The van der Waals surface area contributed by atoms with Gasteiger partial charge in [0.05, 0.1) is 12.0 Å². The molecule has 0 fully saturated rings. The number of alkyl halides is 3. The second kappa shape index (κ2) is 8.67. The predicted octanol–water partition coefficient (Wildman–Crippen LogP) is 6.44. The quantitative estimate of drug-likeness (QED) is 0.483. The van der Waals surface area contributed by atoms with E-state index in [4.69, 9.17) is 0 Å². The van der Waals surface area contributed by atoms with E-state index in [1.807, 2.05) is 45.0 Å². The number of fused-ring (bicyclic) bond motifs is 1. The van der Waals surface area contributed by atoms with Crippen LogP contribution in [-0.4, -0.2) is 16.0 Å². The van der Waals surface area contributed by atoms with Gasteiger partial charge in [0.1, 0.15) is 0 Å². The molecule has 33 heavy (non-hydrogen) atoms. The van der Waals surface area contributed by atoms with Crippen molar-refractivity contribution in [3.05, 3.63) is 93.0 Å². The molecule has 0 atom stereocenters. The number of hydrogen-bond acceptors (Lipinski definition) is 2. The molecule has 172 valence electrons. The van der Waals surface area contributed by atoms with Crippen molar-refractivity contribution < 1.29 is 23.1 Å². The minimum atomic E-state index is -4.37. The van der Waals surface area contributed by atoms with Gasteiger partial charge in [-0.2, -0.15) is 13.2 Å². The van der Waals surface area contributed by atoms with Crippen molar-refractivity contribution in [2.24, 2.45) is 0 Å². The van der Waals surface area contributed by atoms with E-state index >= 15 is 0 Å². The molecule has 1 aliphatic rings. The van der Waals surface area contributed by atoms with Crippen LogP contribution in [-0.2, 0) is 37.0 Å². The van der Waals surface area contributed by atoms with E-state index in [1.54, 1.807) is 6.07 Å².